The first kappa shape index (κ1) is 18.4. The summed E-state index contributed by atoms with van der Waals surface area (Å²) in [6.07, 6.45) is 7.26. The minimum Gasteiger partial charge on any atom is -0.390 e. The highest BCUT2D eigenvalue weighted by molar-refractivity contribution is 7.99. The molecular formula is C18H27N5OS. The molecule has 3 rings (SSSR count). The van der Waals surface area contributed by atoms with Gasteiger partial charge < -0.3 is 5.11 Å². The molecule has 3 heterocycles. The lowest BCUT2D eigenvalue weighted by Gasteiger charge is -2.27. The van der Waals surface area contributed by atoms with Gasteiger partial charge in [-0.05, 0) is 13.3 Å². The molecule has 0 atom stereocenters. The lowest BCUT2D eigenvalue weighted by Crippen LogP contribution is -2.31. The van der Waals surface area contributed by atoms with Crippen molar-refractivity contribution in [3.05, 3.63) is 34.9 Å². The van der Waals surface area contributed by atoms with Crippen LogP contribution in [0, 0.1) is 0 Å². The molecule has 0 saturated carbocycles. The van der Waals surface area contributed by atoms with Crippen molar-refractivity contribution in [1.29, 1.82) is 0 Å². The molecule has 0 spiro atoms. The van der Waals surface area contributed by atoms with Gasteiger partial charge in [-0.2, -0.15) is 5.10 Å². The Morgan fingerprint density at radius 3 is 2.72 bits per heavy atom. The second kappa shape index (κ2) is 8.78. The molecule has 1 aliphatic rings. The molecule has 2 aromatic heterocycles. The topological polar surface area (TPSA) is 67.1 Å². The van der Waals surface area contributed by atoms with Crippen LogP contribution in [0.2, 0.25) is 0 Å². The fraction of sp³-hybridized carbons (Fsp3) is 0.611. The highest BCUT2D eigenvalue weighted by Gasteiger charge is 2.24. The number of hydrogen-bond acceptors (Lipinski definition) is 6. The number of hydrogen-bond donors (Lipinski definition) is 1. The molecule has 0 aromatic carbocycles. The van der Waals surface area contributed by atoms with Crippen LogP contribution >= 0.6 is 11.8 Å². The SMILES string of the molecule is CCCCSc1ncc(CN2CCc3c(c(CO)nn3CC)C2)cn1. The second-order valence-corrected chi connectivity index (χ2v) is 7.44. The summed E-state index contributed by atoms with van der Waals surface area (Å²) < 4.78 is 2.03. The molecule has 0 fully saturated rings. The number of aryl methyl sites for hydroxylation is 1. The van der Waals surface area contributed by atoms with Crippen molar-refractivity contribution in [2.45, 2.75) is 64.5 Å². The molecule has 0 saturated heterocycles. The number of aliphatic hydroxyl groups excluding tert-OH is 1. The minimum atomic E-state index is 0.00989. The van der Waals surface area contributed by atoms with E-state index in [4.69, 9.17) is 0 Å². The van der Waals surface area contributed by atoms with Crippen LogP contribution in [-0.2, 0) is 32.7 Å². The van der Waals surface area contributed by atoms with E-state index in [9.17, 15) is 5.11 Å². The maximum atomic E-state index is 9.58. The lowest BCUT2D eigenvalue weighted by molar-refractivity contribution is 0.235. The lowest BCUT2D eigenvalue weighted by atomic mass is 10.0. The van der Waals surface area contributed by atoms with E-state index in [2.05, 4.69) is 33.8 Å². The third-order valence-electron chi connectivity index (χ3n) is 4.56. The molecule has 25 heavy (non-hydrogen) atoms. The van der Waals surface area contributed by atoms with Crippen molar-refractivity contribution < 1.29 is 5.11 Å². The van der Waals surface area contributed by atoms with Crippen LogP contribution in [0.25, 0.3) is 0 Å². The molecule has 0 aliphatic carbocycles. The van der Waals surface area contributed by atoms with Gasteiger partial charge in [0.25, 0.3) is 0 Å². The number of fused-ring (bicyclic) bond motifs is 1. The number of unbranched alkanes of at least 4 members (excludes halogenated alkanes) is 1. The average Bonchev–Trinajstić information content (AvgIpc) is 3.00. The quantitative estimate of drug-likeness (QED) is 0.443. The molecule has 6 nitrogen and oxygen atoms in total. The van der Waals surface area contributed by atoms with E-state index in [0.29, 0.717) is 0 Å². The largest absolute Gasteiger partial charge is 0.390 e. The standard InChI is InChI=1S/C18H27N5OS/c1-3-5-8-25-18-19-9-14(10-20-18)11-22-7-6-17-15(12-22)16(13-24)21-23(17)4-2/h9-10,24H,3-8,11-13H2,1-2H3. The molecule has 2 aromatic rings. The van der Waals surface area contributed by atoms with Gasteiger partial charge in [0.15, 0.2) is 5.16 Å². The molecule has 136 valence electrons. The van der Waals surface area contributed by atoms with Crippen molar-refractivity contribution in [2.75, 3.05) is 12.3 Å². The Kier molecular flexibility index (Phi) is 6.45. The van der Waals surface area contributed by atoms with Crippen LogP contribution in [0.1, 0.15) is 49.2 Å². The molecule has 1 aliphatic heterocycles. The predicted molar refractivity (Wildman–Crippen MR) is 99.3 cm³/mol. The van der Waals surface area contributed by atoms with Gasteiger partial charge in [-0.1, -0.05) is 25.1 Å². The Hall–Kier alpha value is -1.44. The summed E-state index contributed by atoms with van der Waals surface area (Å²) in [5.74, 6) is 1.08. The number of nitrogens with zero attached hydrogens (tertiary/aromatic N) is 5. The van der Waals surface area contributed by atoms with E-state index < -0.39 is 0 Å². The summed E-state index contributed by atoms with van der Waals surface area (Å²) >= 11 is 1.73. The first-order chi connectivity index (χ1) is 12.2. The summed E-state index contributed by atoms with van der Waals surface area (Å²) in [5, 5.41) is 15.0. The van der Waals surface area contributed by atoms with Crippen LogP contribution in [0.4, 0.5) is 0 Å². The highest BCUT2D eigenvalue weighted by atomic mass is 32.2. The van der Waals surface area contributed by atoms with Gasteiger partial charge in [0.1, 0.15) is 0 Å². The third kappa shape index (κ3) is 4.40. The normalized spacial score (nSPS) is 14.7. The van der Waals surface area contributed by atoms with Crippen LogP contribution in [0.15, 0.2) is 17.6 Å². The van der Waals surface area contributed by atoms with Gasteiger partial charge in [0, 0.05) is 67.6 Å². The second-order valence-electron chi connectivity index (χ2n) is 6.38. The zero-order valence-electron chi connectivity index (χ0n) is 15.1. The Labute approximate surface area is 153 Å². The van der Waals surface area contributed by atoms with E-state index in [0.717, 1.165) is 54.8 Å². The predicted octanol–water partition coefficient (Wildman–Crippen LogP) is 2.64. The first-order valence-electron chi connectivity index (χ1n) is 9.09. The van der Waals surface area contributed by atoms with Gasteiger partial charge in [0.05, 0.1) is 12.3 Å². The maximum Gasteiger partial charge on any atom is 0.187 e. The maximum absolute atomic E-state index is 9.58. The highest BCUT2D eigenvalue weighted by Crippen LogP contribution is 2.24. The van der Waals surface area contributed by atoms with E-state index in [-0.39, 0.29) is 6.61 Å². The monoisotopic (exact) mass is 361 g/mol. The van der Waals surface area contributed by atoms with Gasteiger partial charge in [-0.3, -0.25) is 9.58 Å². The average molecular weight is 362 g/mol. The number of rotatable bonds is 8. The van der Waals surface area contributed by atoms with E-state index in [1.54, 1.807) is 11.8 Å². The summed E-state index contributed by atoms with van der Waals surface area (Å²) in [7, 11) is 0. The zero-order valence-corrected chi connectivity index (χ0v) is 15.9. The zero-order chi connectivity index (χ0) is 17.6. The molecule has 0 radical (unpaired) electrons. The molecule has 0 unspecified atom stereocenters. The summed E-state index contributed by atoms with van der Waals surface area (Å²) in [5.41, 5.74) is 4.43. The number of aliphatic hydroxyl groups is 1. The van der Waals surface area contributed by atoms with Crippen molar-refractivity contribution in [2.24, 2.45) is 0 Å². The smallest absolute Gasteiger partial charge is 0.187 e. The molecule has 1 N–H and O–H groups in total. The number of aromatic nitrogens is 4. The van der Waals surface area contributed by atoms with Crippen LogP contribution in [0.3, 0.4) is 0 Å². The van der Waals surface area contributed by atoms with Gasteiger partial charge in [0.2, 0.25) is 0 Å². The summed E-state index contributed by atoms with van der Waals surface area (Å²) in [6, 6.07) is 0. The van der Waals surface area contributed by atoms with E-state index >= 15 is 0 Å². The van der Waals surface area contributed by atoms with Crippen LogP contribution < -0.4 is 0 Å². The molecule has 0 bridgehead atoms. The van der Waals surface area contributed by atoms with Gasteiger partial charge >= 0.3 is 0 Å². The molecule has 7 heteroatoms. The Morgan fingerprint density at radius 1 is 1.24 bits per heavy atom. The minimum absolute atomic E-state index is 0.00989. The summed E-state index contributed by atoms with van der Waals surface area (Å²) in [4.78, 5) is 11.3. The van der Waals surface area contributed by atoms with Crippen molar-refractivity contribution >= 4 is 11.8 Å². The van der Waals surface area contributed by atoms with Gasteiger partial charge in [-0.15, -0.1) is 0 Å². The van der Waals surface area contributed by atoms with Crippen molar-refractivity contribution in [3.8, 4) is 0 Å². The number of thioether (sulfide) groups is 1. The Bertz CT molecular complexity index is 686. The van der Waals surface area contributed by atoms with E-state index in [1.807, 2.05) is 17.1 Å². The molecular weight excluding hydrogens is 334 g/mol. The van der Waals surface area contributed by atoms with E-state index in [1.165, 1.54) is 24.1 Å². The first-order valence-corrected chi connectivity index (χ1v) is 10.1. The van der Waals surface area contributed by atoms with Crippen LogP contribution in [-0.4, -0.2) is 42.1 Å². The van der Waals surface area contributed by atoms with Crippen LogP contribution in [0.5, 0.6) is 0 Å². The van der Waals surface area contributed by atoms with Crippen molar-refractivity contribution in [1.82, 2.24) is 24.6 Å². The third-order valence-corrected chi connectivity index (χ3v) is 5.52. The Balaban J connectivity index is 1.62. The summed E-state index contributed by atoms with van der Waals surface area (Å²) in [6.45, 7) is 7.82. The Morgan fingerprint density at radius 2 is 2.04 bits per heavy atom. The van der Waals surface area contributed by atoms with Gasteiger partial charge in [-0.25, -0.2) is 9.97 Å². The molecule has 0 amide bonds. The fourth-order valence-electron chi connectivity index (χ4n) is 3.21. The fourth-order valence-corrected chi connectivity index (χ4v) is 4.08. The van der Waals surface area contributed by atoms with Crippen molar-refractivity contribution in [3.63, 3.8) is 0 Å².